The minimum atomic E-state index is -0.986. The third-order valence-electron chi connectivity index (χ3n) is 3.97. The number of hydrogen-bond acceptors (Lipinski definition) is 5. The van der Waals surface area contributed by atoms with E-state index in [1.165, 1.54) is 25.7 Å². The Morgan fingerprint density at radius 1 is 1.14 bits per heavy atom. The Bertz CT molecular complexity index is 295. The molecule has 0 aromatic rings. The van der Waals surface area contributed by atoms with Gasteiger partial charge in [-0.25, -0.2) is 0 Å². The average Bonchev–Trinajstić information content (AvgIpc) is 2.85. The van der Waals surface area contributed by atoms with Crippen LogP contribution in [0, 0.1) is 0 Å². The first-order valence-electron chi connectivity index (χ1n) is 8.55. The van der Waals surface area contributed by atoms with Gasteiger partial charge in [0.25, 0.3) is 0 Å². The van der Waals surface area contributed by atoms with Crippen LogP contribution in [0.25, 0.3) is 0 Å². The Hall–Kier alpha value is -0.460. The first kappa shape index (κ1) is 19.6. The van der Waals surface area contributed by atoms with Crippen LogP contribution >= 0.6 is 0 Å². The molecular weight excluding hydrogens is 284 g/mol. The smallest absolute Gasteiger partial charge is 0.114 e. The van der Waals surface area contributed by atoms with E-state index in [-0.39, 0.29) is 13.2 Å². The van der Waals surface area contributed by atoms with E-state index in [4.69, 9.17) is 9.47 Å². The quantitative estimate of drug-likeness (QED) is 0.378. The second-order valence-electron chi connectivity index (χ2n) is 5.91. The summed E-state index contributed by atoms with van der Waals surface area (Å²) in [5, 5.41) is 28.5. The molecule has 5 nitrogen and oxygen atoms in total. The Morgan fingerprint density at radius 2 is 1.86 bits per heavy atom. The fraction of sp³-hybridized carbons (Fsp3) is 0.882. The molecule has 22 heavy (non-hydrogen) atoms. The molecule has 3 N–H and O–H groups in total. The molecule has 1 aliphatic rings. The Balaban J connectivity index is 2.06. The summed E-state index contributed by atoms with van der Waals surface area (Å²) in [7, 11) is 0. The normalized spacial score (nSPS) is 26.8. The molecule has 0 aromatic carbocycles. The van der Waals surface area contributed by atoms with Crippen molar-refractivity contribution in [3.8, 4) is 0 Å². The Morgan fingerprint density at radius 3 is 2.45 bits per heavy atom. The highest BCUT2D eigenvalue weighted by Gasteiger charge is 2.40. The number of aliphatic hydroxyl groups excluding tert-OH is 3. The topological polar surface area (TPSA) is 79.2 Å². The molecule has 0 bridgehead atoms. The molecule has 130 valence electrons. The Kier molecular flexibility index (Phi) is 10.7. The summed E-state index contributed by atoms with van der Waals surface area (Å²) in [5.74, 6) is 0. The second-order valence-corrected chi connectivity index (χ2v) is 5.91. The first-order valence-corrected chi connectivity index (χ1v) is 8.55. The fourth-order valence-electron chi connectivity index (χ4n) is 2.57. The molecule has 1 rings (SSSR count). The van der Waals surface area contributed by atoms with Gasteiger partial charge in [-0.1, -0.05) is 38.3 Å². The molecule has 0 aromatic heterocycles. The molecule has 0 amide bonds. The van der Waals surface area contributed by atoms with Gasteiger partial charge in [0.15, 0.2) is 0 Å². The number of hydrogen-bond donors (Lipinski definition) is 3. The molecule has 0 spiro atoms. The van der Waals surface area contributed by atoms with E-state index in [0.29, 0.717) is 6.61 Å². The first-order chi connectivity index (χ1) is 10.7. The largest absolute Gasteiger partial charge is 0.394 e. The maximum absolute atomic E-state index is 9.74. The van der Waals surface area contributed by atoms with Gasteiger partial charge in [-0.15, -0.1) is 0 Å². The van der Waals surface area contributed by atoms with Crippen molar-refractivity contribution >= 4 is 0 Å². The van der Waals surface area contributed by atoms with Crippen LogP contribution in [0.1, 0.15) is 51.9 Å². The summed E-state index contributed by atoms with van der Waals surface area (Å²) >= 11 is 0. The van der Waals surface area contributed by atoms with E-state index in [2.05, 4.69) is 19.1 Å². The second kappa shape index (κ2) is 12.0. The van der Waals surface area contributed by atoms with Gasteiger partial charge in [0, 0.05) is 6.61 Å². The van der Waals surface area contributed by atoms with Gasteiger partial charge >= 0.3 is 0 Å². The Labute approximate surface area is 133 Å². The highest BCUT2D eigenvalue weighted by Crippen LogP contribution is 2.19. The summed E-state index contributed by atoms with van der Waals surface area (Å²) in [6, 6.07) is 0. The van der Waals surface area contributed by atoms with Crippen molar-refractivity contribution in [1.29, 1.82) is 0 Å². The summed E-state index contributed by atoms with van der Waals surface area (Å²) in [6.45, 7) is 2.59. The predicted octanol–water partition coefficient (Wildman–Crippen LogP) is 1.79. The van der Waals surface area contributed by atoms with Crippen molar-refractivity contribution < 1.29 is 24.8 Å². The number of ether oxygens (including phenoxy) is 2. The molecule has 1 aliphatic heterocycles. The average molecular weight is 316 g/mol. The van der Waals surface area contributed by atoms with Crippen molar-refractivity contribution in [2.75, 3.05) is 19.8 Å². The minimum absolute atomic E-state index is 0.0897. The molecule has 5 heteroatoms. The van der Waals surface area contributed by atoms with Crippen LogP contribution in [0.15, 0.2) is 12.2 Å². The summed E-state index contributed by atoms with van der Waals surface area (Å²) in [5.41, 5.74) is 0. The van der Waals surface area contributed by atoms with Gasteiger partial charge in [0.05, 0.1) is 13.2 Å². The van der Waals surface area contributed by atoms with Gasteiger partial charge in [-0.2, -0.15) is 0 Å². The molecule has 1 heterocycles. The van der Waals surface area contributed by atoms with Crippen molar-refractivity contribution in [2.45, 2.75) is 76.3 Å². The number of unbranched alkanes of at least 4 members (excludes halogenated alkanes) is 5. The van der Waals surface area contributed by atoms with E-state index in [0.717, 1.165) is 19.3 Å². The SMILES string of the molecule is CCCCCC/C=C/CCCO[C@H](CO)[C@H]1OC[C@H](O)[C@H]1O. The van der Waals surface area contributed by atoms with Gasteiger partial charge in [0.2, 0.25) is 0 Å². The molecule has 0 unspecified atom stereocenters. The van der Waals surface area contributed by atoms with Crippen LogP contribution < -0.4 is 0 Å². The molecule has 1 fully saturated rings. The molecule has 1 saturated heterocycles. The van der Waals surface area contributed by atoms with Crippen molar-refractivity contribution in [3.05, 3.63) is 12.2 Å². The molecule has 0 radical (unpaired) electrons. The lowest BCUT2D eigenvalue weighted by molar-refractivity contribution is -0.101. The van der Waals surface area contributed by atoms with Crippen molar-refractivity contribution in [1.82, 2.24) is 0 Å². The molecule has 4 atom stereocenters. The van der Waals surface area contributed by atoms with E-state index in [1.807, 2.05) is 0 Å². The minimum Gasteiger partial charge on any atom is -0.394 e. The number of allylic oxidation sites excluding steroid dienone is 2. The zero-order valence-electron chi connectivity index (χ0n) is 13.7. The third-order valence-corrected chi connectivity index (χ3v) is 3.97. The summed E-state index contributed by atoms with van der Waals surface area (Å²) in [6.07, 6.45) is 9.39. The molecule has 0 aliphatic carbocycles. The fourth-order valence-corrected chi connectivity index (χ4v) is 2.57. The zero-order valence-corrected chi connectivity index (χ0v) is 13.7. The third kappa shape index (κ3) is 7.20. The number of aliphatic hydroxyl groups is 3. The van der Waals surface area contributed by atoms with Crippen molar-refractivity contribution in [2.24, 2.45) is 0 Å². The van der Waals surface area contributed by atoms with Gasteiger partial charge in [0.1, 0.15) is 24.4 Å². The van der Waals surface area contributed by atoms with E-state index < -0.39 is 24.4 Å². The van der Waals surface area contributed by atoms with Crippen molar-refractivity contribution in [3.63, 3.8) is 0 Å². The number of rotatable bonds is 12. The highest BCUT2D eigenvalue weighted by atomic mass is 16.6. The van der Waals surface area contributed by atoms with Crippen LogP contribution in [-0.4, -0.2) is 59.6 Å². The van der Waals surface area contributed by atoms with Crippen LogP contribution in [-0.2, 0) is 9.47 Å². The highest BCUT2D eigenvalue weighted by molar-refractivity contribution is 4.88. The lowest BCUT2D eigenvalue weighted by atomic mass is 10.1. The monoisotopic (exact) mass is 316 g/mol. The van der Waals surface area contributed by atoms with Crippen LogP contribution in [0.3, 0.4) is 0 Å². The van der Waals surface area contributed by atoms with Gasteiger partial charge in [-0.3, -0.25) is 0 Å². The predicted molar refractivity (Wildman–Crippen MR) is 85.7 cm³/mol. The summed E-state index contributed by atoms with van der Waals surface area (Å²) < 4.78 is 10.8. The maximum Gasteiger partial charge on any atom is 0.114 e. The molecule has 0 saturated carbocycles. The molecular formula is C17H32O5. The van der Waals surface area contributed by atoms with E-state index >= 15 is 0 Å². The van der Waals surface area contributed by atoms with Crippen LogP contribution in [0.4, 0.5) is 0 Å². The standard InChI is InChI=1S/C17H32O5/c1-2-3-4-5-6-7-8-9-10-11-21-15(12-18)17-16(20)14(19)13-22-17/h7-8,14-20H,2-6,9-13H2,1H3/b8-7+/t14-,15+,16+,17+/m0/s1. The lowest BCUT2D eigenvalue weighted by Crippen LogP contribution is -2.42. The van der Waals surface area contributed by atoms with Gasteiger partial charge < -0.3 is 24.8 Å². The van der Waals surface area contributed by atoms with Gasteiger partial charge in [-0.05, 0) is 25.7 Å². The summed E-state index contributed by atoms with van der Waals surface area (Å²) in [4.78, 5) is 0. The zero-order chi connectivity index (χ0) is 16.2. The van der Waals surface area contributed by atoms with E-state index in [1.54, 1.807) is 0 Å². The van der Waals surface area contributed by atoms with Crippen LogP contribution in [0.5, 0.6) is 0 Å². The lowest BCUT2D eigenvalue weighted by Gasteiger charge is -2.24. The van der Waals surface area contributed by atoms with Crippen LogP contribution in [0.2, 0.25) is 0 Å². The maximum atomic E-state index is 9.74. The van der Waals surface area contributed by atoms with E-state index in [9.17, 15) is 15.3 Å².